The number of nitrogens with one attached hydrogen (secondary N) is 1. The van der Waals surface area contributed by atoms with Crippen LogP contribution >= 0.6 is 0 Å². The summed E-state index contributed by atoms with van der Waals surface area (Å²) in [5.74, 6) is -0.254. The third kappa shape index (κ3) is 1.39. The normalized spacial score (nSPS) is 10.5. The lowest BCUT2D eigenvalue weighted by molar-refractivity contribution is -0.385. The second-order valence-corrected chi connectivity index (χ2v) is 2.91. The lowest BCUT2D eigenvalue weighted by Crippen LogP contribution is -2.31. The average molecular weight is 224 g/mol. The van der Waals surface area contributed by atoms with E-state index in [4.69, 9.17) is 0 Å². The third-order valence-electron chi connectivity index (χ3n) is 1.87. The molecule has 2 aliphatic heterocycles. The number of hydrogen-bond acceptors (Lipinski definition) is 6. The molecule has 0 saturated carbocycles. The van der Waals surface area contributed by atoms with Crippen molar-refractivity contribution in [2.45, 2.75) is 0 Å². The molecule has 0 aromatic carbocycles. The van der Waals surface area contributed by atoms with Gasteiger partial charge in [-0.3, -0.25) is 19.7 Å². The van der Waals surface area contributed by atoms with Crippen LogP contribution in [0.1, 0.15) is 0 Å². The van der Waals surface area contributed by atoms with Crippen LogP contribution in [0, 0.1) is 10.1 Å². The maximum absolute atomic E-state index is 10.9. The predicted octanol–water partition coefficient (Wildman–Crippen LogP) is -0.818. The molecule has 0 spiro atoms. The fraction of sp³-hybridized carbons (Fsp3) is 0. The molecule has 9 nitrogen and oxygen atoms in total. The van der Waals surface area contributed by atoms with E-state index in [9.17, 15) is 24.9 Å². The van der Waals surface area contributed by atoms with E-state index in [0.29, 0.717) is 4.73 Å². The molecule has 0 radical (unpaired) electrons. The number of hydrogen-bond donors (Lipinski definition) is 2. The van der Waals surface area contributed by atoms with E-state index in [0.717, 1.165) is 12.3 Å². The van der Waals surface area contributed by atoms with Crippen LogP contribution in [0.2, 0.25) is 0 Å². The molecule has 0 aliphatic carbocycles. The van der Waals surface area contributed by atoms with E-state index < -0.39 is 21.7 Å². The SMILES string of the molecule is O=c1nc2n(O)cc([N+](=O)[O-])cc-2[nH]c1=O. The van der Waals surface area contributed by atoms with Crippen molar-refractivity contribution in [3.63, 3.8) is 0 Å². The van der Waals surface area contributed by atoms with Crippen LogP contribution in [0.25, 0.3) is 11.5 Å². The average Bonchev–Trinajstić information content (AvgIpc) is 2.20. The monoisotopic (exact) mass is 224 g/mol. The molecule has 9 heteroatoms. The highest BCUT2D eigenvalue weighted by molar-refractivity contribution is 5.54. The van der Waals surface area contributed by atoms with Crippen molar-refractivity contribution in [3.05, 3.63) is 43.1 Å². The first-order valence-corrected chi connectivity index (χ1v) is 3.99. The van der Waals surface area contributed by atoms with Gasteiger partial charge >= 0.3 is 11.1 Å². The van der Waals surface area contributed by atoms with Crippen molar-refractivity contribution >= 4 is 5.69 Å². The fourth-order valence-corrected chi connectivity index (χ4v) is 1.19. The van der Waals surface area contributed by atoms with Crippen molar-refractivity contribution in [2.24, 2.45) is 0 Å². The van der Waals surface area contributed by atoms with Gasteiger partial charge in [-0.15, -0.1) is 0 Å². The summed E-state index contributed by atoms with van der Waals surface area (Å²) < 4.78 is 0.310. The quantitative estimate of drug-likeness (QED) is 0.281. The Labute approximate surface area is 86.1 Å². The number of aromatic nitrogens is 3. The molecule has 0 atom stereocenters. The van der Waals surface area contributed by atoms with E-state index in [1.165, 1.54) is 0 Å². The van der Waals surface area contributed by atoms with Crippen LogP contribution in [0.15, 0.2) is 21.9 Å². The van der Waals surface area contributed by atoms with Crippen LogP contribution in [0.4, 0.5) is 5.69 Å². The minimum Gasteiger partial charge on any atom is -0.427 e. The van der Waals surface area contributed by atoms with Gasteiger partial charge in [-0.25, -0.2) is 0 Å². The predicted molar refractivity (Wildman–Crippen MR) is 49.6 cm³/mol. The first-order valence-electron chi connectivity index (χ1n) is 3.99. The summed E-state index contributed by atoms with van der Waals surface area (Å²) in [6.45, 7) is 0. The Balaban J connectivity index is 2.88. The van der Waals surface area contributed by atoms with E-state index in [1.54, 1.807) is 0 Å². The van der Waals surface area contributed by atoms with E-state index >= 15 is 0 Å². The topological polar surface area (TPSA) is 131 Å². The highest BCUT2D eigenvalue weighted by Crippen LogP contribution is 2.19. The van der Waals surface area contributed by atoms with Crippen molar-refractivity contribution in [1.29, 1.82) is 0 Å². The van der Waals surface area contributed by atoms with Gasteiger partial charge in [0.25, 0.3) is 5.69 Å². The number of rotatable bonds is 1. The number of nitro groups is 1. The van der Waals surface area contributed by atoms with Gasteiger partial charge < -0.3 is 10.2 Å². The number of nitrogens with zero attached hydrogens (tertiary/aromatic N) is 3. The number of fused-ring (bicyclic) bond motifs is 1. The standard InChI is InChI=1S/C7H4N4O5/c12-6-7(13)9-5-4(8-6)1-3(11(15)16)2-10(5)14/h1-2,14H,(H,8,12). The zero-order valence-corrected chi connectivity index (χ0v) is 7.58. The lowest BCUT2D eigenvalue weighted by Gasteiger charge is -2.06. The van der Waals surface area contributed by atoms with Crippen LogP contribution < -0.4 is 11.1 Å². The Bertz CT molecular complexity index is 657. The van der Waals surface area contributed by atoms with Gasteiger partial charge in [0.15, 0.2) is 5.82 Å². The Morgan fingerprint density at radius 3 is 2.81 bits per heavy atom. The minimum atomic E-state index is -1.08. The first-order chi connectivity index (χ1) is 7.49. The summed E-state index contributed by atoms with van der Waals surface area (Å²) in [6, 6.07) is 0.996. The molecule has 82 valence electrons. The van der Waals surface area contributed by atoms with E-state index in [-0.39, 0.29) is 11.5 Å². The molecule has 0 unspecified atom stereocenters. The maximum atomic E-state index is 10.9. The molecule has 0 amide bonds. The molecule has 2 heterocycles. The zero-order valence-electron chi connectivity index (χ0n) is 7.58. The number of pyridine rings is 1. The largest absolute Gasteiger partial charge is 0.427 e. The van der Waals surface area contributed by atoms with Crippen molar-refractivity contribution < 1.29 is 10.1 Å². The van der Waals surface area contributed by atoms with Crippen LogP contribution in [-0.2, 0) is 0 Å². The van der Waals surface area contributed by atoms with Crippen LogP contribution in [0.5, 0.6) is 0 Å². The third-order valence-corrected chi connectivity index (χ3v) is 1.87. The molecule has 2 aliphatic rings. The van der Waals surface area contributed by atoms with Gasteiger partial charge in [0.1, 0.15) is 6.20 Å². The van der Waals surface area contributed by atoms with Gasteiger partial charge in [-0.05, 0) is 0 Å². The second-order valence-electron chi connectivity index (χ2n) is 2.91. The summed E-state index contributed by atoms with van der Waals surface area (Å²) in [7, 11) is 0. The molecule has 0 aromatic heterocycles. The summed E-state index contributed by atoms with van der Waals surface area (Å²) in [4.78, 5) is 36.9. The van der Waals surface area contributed by atoms with Crippen molar-refractivity contribution in [3.8, 4) is 11.5 Å². The highest BCUT2D eigenvalue weighted by Gasteiger charge is 2.17. The summed E-state index contributed by atoms with van der Waals surface area (Å²) in [5.41, 5.74) is -2.62. The smallest absolute Gasteiger partial charge is 0.337 e. The van der Waals surface area contributed by atoms with Crippen LogP contribution in [0.3, 0.4) is 0 Å². The molecular formula is C7H4N4O5. The Hall–Kier alpha value is -2.71. The Kier molecular flexibility index (Phi) is 1.94. The maximum Gasteiger partial charge on any atom is 0.337 e. The first kappa shape index (κ1) is 9.83. The summed E-state index contributed by atoms with van der Waals surface area (Å²) >= 11 is 0. The zero-order chi connectivity index (χ0) is 11.9. The molecular weight excluding hydrogens is 220 g/mol. The molecule has 0 saturated heterocycles. The van der Waals surface area contributed by atoms with E-state index in [1.807, 2.05) is 0 Å². The molecule has 0 fully saturated rings. The lowest BCUT2D eigenvalue weighted by atomic mass is 10.3. The Morgan fingerprint density at radius 1 is 1.50 bits per heavy atom. The highest BCUT2D eigenvalue weighted by atomic mass is 16.6. The summed E-state index contributed by atoms with van der Waals surface area (Å²) in [6.07, 6.45) is 0.771. The van der Waals surface area contributed by atoms with Crippen molar-refractivity contribution in [2.75, 3.05) is 0 Å². The molecule has 0 bridgehead atoms. The van der Waals surface area contributed by atoms with Gasteiger partial charge in [0, 0.05) is 6.07 Å². The number of aromatic amines is 1. The van der Waals surface area contributed by atoms with Crippen LogP contribution in [-0.4, -0.2) is 24.8 Å². The van der Waals surface area contributed by atoms with Crippen molar-refractivity contribution in [1.82, 2.24) is 14.7 Å². The molecule has 16 heavy (non-hydrogen) atoms. The molecule has 0 aromatic rings. The molecule has 2 N–H and O–H groups in total. The summed E-state index contributed by atoms with van der Waals surface area (Å²) in [5, 5.41) is 19.8. The van der Waals surface area contributed by atoms with Gasteiger partial charge in [-0.2, -0.15) is 9.71 Å². The van der Waals surface area contributed by atoms with E-state index in [2.05, 4.69) is 9.97 Å². The number of H-pyrrole nitrogens is 1. The van der Waals surface area contributed by atoms with Gasteiger partial charge in [-0.1, -0.05) is 0 Å². The fourth-order valence-electron chi connectivity index (χ4n) is 1.19. The molecule has 2 rings (SSSR count). The van der Waals surface area contributed by atoms with Gasteiger partial charge in [0.05, 0.1) is 10.6 Å². The minimum absolute atomic E-state index is 0.0960. The van der Waals surface area contributed by atoms with Gasteiger partial charge in [0.2, 0.25) is 0 Å². The second kappa shape index (κ2) is 3.15. The Morgan fingerprint density at radius 2 is 2.19 bits per heavy atom.